The van der Waals surface area contributed by atoms with Gasteiger partial charge < -0.3 is 14.8 Å². The summed E-state index contributed by atoms with van der Waals surface area (Å²) in [6.45, 7) is 3.69. The van der Waals surface area contributed by atoms with E-state index in [9.17, 15) is 9.59 Å². The lowest BCUT2D eigenvalue weighted by Crippen LogP contribution is -2.15. The lowest BCUT2D eigenvalue weighted by atomic mass is 10.1. The highest BCUT2D eigenvalue weighted by molar-refractivity contribution is 7.09. The Labute approximate surface area is 173 Å². The third kappa shape index (κ3) is 5.42. The van der Waals surface area contributed by atoms with E-state index in [1.165, 1.54) is 25.4 Å². The molecule has 0 radical (unpaired) electrons. The van der Waals surface area contributed by atoms with Crippen LogP contribution in [0.2, 0.25) is 0 Å². The van der Waals surface area contributed by atoms with E-state index in [2.05, 4.69) is 10.3 Å². The molecule has 0 fully saturated rings. The number of thiazole rings is 1. The highest BCUT2D eigenvalue weighted by Gasteiger charge is 2.12. The maximum atomic E-state index is 12.3. The molecular formula is C22H22N2O4S. The van der Waals surface area contributed by atoms with Gasteiger partial charge >= 0.3 is 0 Å². The average Bonchev–Trinajstić information content (AvgIpc) is 3.15. The molecule has 0 atom stereocenters. The molecule has 6 nitrogen and oxygen atoms in total. The largest absolute Gasteiger partial charge is 0.493 e. The number of ether oxygens (including phenoxy) is 2. The number of ketones is 1. The van der Waals surface area contributed by atoms with Crippen molar-refractivity contribution in [3.05, 3.63) is 69.7 Å². The number of carbonyl (C=O) groups excluding carboxylic acids is 2. The average molecular weight is 410 g/mol. The van der Waals surface area contributed by atoms with Crippen LogP contribution in [0.3, 0.4) is 0 Å². The Bertz CT molecular complexity index is 1030. The van der Waals surface area contributed by atoms with Crippen molar-refractivity contribution in [1.82, 2.24) is 4.98 Å². The molecule has 3 aromatic rings. The van der Waals surface area contributed by atoms with Crippen LogP contribution < -0.4 is 14.8 Å². The fourth-order valence-corrected chi connectivity index (χ4v) is 3.48. The maximum absolute atomic E-state index is 12.3. The molecule has 0 unspecified atom stereocenters. The molecule has 0 saturated carbocycles. The Morgan fingerprint density at radius 3 is 2.66 bits per heavy atom. The van der Waals surface area contributed by atoms with Crippen LogP contribution in [0, 0.1) is 6.92 Å². The number of aromatic nitrogens is 1. The van der Waals surface area contributed by atoms with Crippen molar-refractivity contribution >= 4 is 28.7 Å². The van der Waals surface area contributed by atoms with Crippen LogP contribution in [0.5, 0.6) is 11.5 Å². The third-order valence-electron chi connectivity index (χ3n) is 4.28. The maximum Gasteiger partial charge on any atom is 0.231 e. The van der Waals surface area contributed by atoms with Crippen molar-refractivity contribution in [2.45, 2.75) is 26.9 Å². The van der Waals surface area contributed by atoms with Gasteiger partial charge in [0.1, 0.15) is 11.6 Å². The number of aryl methyl sites for hydroxylation is 1. The quantitative estimate of drug-likeness (QED) is 0.556. The lowest BCUT2D eigenvalue weighted by molar-refractivity contribution is -0.115. The Hall–Kier alpha value is -3.19. The fourth-order valence-electron chi connectivity index (χ4n) is 2.70. The van der Waals surface area contributed by atoms with Crippen LogP contribution in [0.25, 0.3) is 0 Å². The van der Waals surface area contributed by atoms with E-state index in [1.54, 1.807) is 18.2 Å². The SMILES string of the molecule is COc1cc(C(C)=O)ccc1OCc1csc(CC(=O)Nc2ccccc2C)n1. The molecule has 150 valence electrons. The Kier molecular flexibility index (Phi) is 6.61. The summed E-state index contributed by atoms with van der Waals surface area (Å²) in [6, 6.07) is 12.7. The molecule has 0 spiro atoms. The van der Waals surface area contributed by atoms with Gasteiger partial charge in [0.05, 0.1) is 19.2 Å². The number of Topliss-reactive ketones (excluding diaryl/α,β-unsaturated/α-hetero) is 1. The number of amides is 1. The summed E-state index contributed by atoms with van der Waals surface area (Å²) in [7, 11) is 1.53. The molecule has 1 amide bonds. The summed E-state index contributed by atoms with van der Waals surface area (Å²) in [5.41, 5.74) is 3.11. The topological polar surface area (TPSA) is 77.5 Å². The number of hydrogen-bond donors (Lipinski definition) is 1. The molecule has 1 N–H and O–H groups in total. The monoisotopic (exact) mass is 410 g/mol. The van der Waals surface area contributed by atoms with Crippen molar-refractivity contribution in [2.24, 2.45) is 0 Å². The molecule has 3 rings (SSSR count). The van der Waals surface area contributed by atoms with Gasteiger partial charge in [0.2, 0.25) is 5.91 Å². The van der Waals surface area contributed by atoms with Gasteiger partial charge in [0.25, 0.3) is 0 Å². The van der Waals surface area contributed by atoms with Crippen LogP contribution in [0.1, 0.15) is 33.5 Å². The summed E-state index contributed by atoms with van der Waals surface area (Å²) >= 11 is 1.42. The van der Waals surface area contributed by atoms with E-state index in [4.69, 9.17) is 9.47 Å². The van der Waals surface area contributed by atoms with Gasteiger partial charge in [-0.2, -0.15) is 0 Å². The van der Waals surface area contributed by atoms with E-state index in [0.29, 0.717) is 22.1 Å². The number of rotatable bonds is 8. The highest BCUT2D eigenvalue weighted by Crippen LogP contribution is 2.29. The molecule has 1 aromatic heterocycles. The molecule has 2 aromatic carbocycles. The minimum Gasteiger partial charge on any atom is -0.493 e. The molecule has 0 bridgehead atoms. The molecule has 0 saturated heterocycles. The summed E-state index contributed by atoms with van der Waals surface area (Å²) < 4.78 is 11.1. The zero-order valence-corrected chi connectivity index (χ0v) is 17.3. The van der Waals surface area contributed by atoms with Crippen molar-refractivity contribution < 1.29 is 19.1 Å². The van der Waals surface area contributed by atoms with Gasteiger partial charge in [-0.15, -0.1) is 11.3 Å². The standard InChI is InChI=1S/C22H22N2O4S/c1-14-6-4-5-7-18(14)24-21(26)11-22-23-17(13-29-22)12-28-19-9-8-16(15(2)25)10-20(19)27-3/h4-10,13H,11-12H2,1-3H3,(H,24,26). The minimum absolute atomic E-state index is 0.0389. The van der Waals surface area contributed by atoms with Gasteiger partial charge in [0, 0.05) is 16.6 Å². The van der Waals surface area contributed by atoms with Crippen LogP contribution in [0.15, 0.2) is 47.8 Å². The second-order valence-electron chi connectivity index (χ2n) is 6.48. The van der Waals surface area contributed by atoms with E-state index < -0.39 is 0 Å². The van der Waals surface area contributed by atoms with Crippen molar-refractivity contribution in [1.29, 1.82) is 0 Å². The number of anilines is 1. The number of benzene rings is 2. The van der Waals surface area contributed by atoms with Crippen molar-refractivity contribution in [3.63, 3.8) is 0 Å². The van der Waals surface area contributed by atoms with Gasteiger partial charge in [-0.1, -0.05) is 18.2 Å². The lowest BCUT2D eigenvalue weighted by Gasteiger charge is -2.10. The Morgan fingerprint density at radius 2 is 1.93 bits per heavy atom. The fraction of sp³-hybridized carbons (Fsp3) is 0.227. The van der Waals surface area contributed by atoms with Crippen molar-refractivity contribution in [2.75, 3.05) is 12.4 Å². The second-order valence-corrected chi connectivity index (χ2v) is 7.43. The first kappa shape index (κ1) is 20.5. The Balaban J connectivity index is 1.59. The molecule has 1 heterocycles. The van der Waals surface area contributed by atoms with E-state index in [0.717, 1.165) is 16.9 Å². The zero-order chi connectivity index (χ0) is 20.8. The number of carbonyl (C=O) groups is 2. The second kappa shape index (κ2) is 9.34. The number of nitrogens with one attached hydrogen (secondary N) is 1. The predicted octanol–water partition coefficient (Wildman–Crippen LogP) is 4.42. The summed E-state index contributed by atoms with van der Waals surface area (Å²) in [5.74, 6) is 0.876. The first-order valence-electron chi connectivity index (χ1n) is 9.07. The molecule has 0 aliphatic heterocycles. The van der Waals surface area contributed by atoms with Gasteiger partial charge in [-0.05, 0) is 43.7 Å². The first-order valence-corrected chi connectivity index (χ1v) is 9.94. The molecule has 0 aliphatic rings. The highest BCUT2D eigenvalue weighted by atomic mass is 32.1. The number of nitrogens with zero attached hydrogens (tertiary/aromatic N) is 1. The smallest absolute Gasteiger partial charge is 0.231 e. The summed E-state index contributed by atoms with van der Waals surface area (Å²) in [6.07, 6.45) is 0.204. The molecule has 0 aliphatic carbocycles. The molecule has 7 heteroatoms. The molecular weight excluding hydrogens is 388 g/mol. The molecule has 29 heavy (non-hydrogen) atoms. The van der Waals surface area contributed by atoms with Crippen molar-refractivity contribution in [3.8, 4) is 11.5 Å². The Morgan fingerprint density at radius 1 is 1.14 bits per heavy atom. The van der Waals surface area contributed by atoms with Crippen LogP contribution in [-0.2, 0) is 17.8 Å². The summed E-state index contributed by atoms with van der Waals surface area (Å²) in [4.78, 5) is 28.2. The number of methoxy groups -OCH3 is 1. The van der Waals surface area contributed by atoms with Gasteiger partial charge in [0.15, 0.2) is 17.3 Å². The van der Waals surface area contributed by atoms with Crippen LogP contribution >= 0.6 is 11.3 Å². The third-order valence-corrected chi connectivity index (χ3v) is 5.17. The van der Waals surface area contributed by atoms with Crippen LogP contribution in [0.4, 0.5) is 5.69 Å². The van der Waals surface area contributed by atoms with E-state index in [-0.39, 0.29) is 24.7 Å². The van der Waals surface area contributed by atoms with Gasteiger partial charge in [-0.3, -0.25) is 9.59 Å². The summed E-state index contributed by atoms with van der Waals surface area (Å²) in [5, 5.41) is 5.49. The zero-order valence-electron chi connectivity index (χ0n) is 16.5. The number of para-hydroxylation sites is 1. The first-order chi connectivity index (χ1) is 14.0. The van der Waals surface area contributed by atoms with E-state index in [1.807, 2.05) is 36.6 Å². The minimum atomic E-state index is -0.109. The van der Waals surface area contributed by atoms with E-state index >= 15 is 0 Å². The predicted molar refractivity (Wildman–Crippen MR) is 113 cm³/mol. The van der Waals surface area contributed by atoms with Crippen LogP contribution in [-0.4, -0.2) is 23.8 Å². The normalized spacial score (nSPS) is 10.4. The number of hydrogen-bond acceptors (Lipinski definition) is 6. The van der Waals surface area contributed by atoms with Gasteiger partial charge in [-0.25, -0.2) is 4.98 Å².